The molecule has 4 nitrogen and oxygen atoms in total. The molecule has 3 rings (SSSR count). The molecule has 0 fully saturated rings. The molecule has 25 heavy (non-hydrogen) atoms. The van der Waals surface area contributed by atoms with E-state index in [1.54, 1.807) is 7.11 Å². The lowest BCUT2D eigenvalue weighted by Gasteiger charge is -2.19. The predicted octanol–water partition coefficient (Wildman–Crippen LogP) is 4.38. The second-order valence-corrected chi connectivity index (χ2v) is 6.69. The number of hydrogen-bond donors (Lipinski definition) is 0. The van der Waals surface area contributed by atoms with Crippen LogP contribution in [0.2, 0.25) is 0 Å². The Morgan fingerprint density at radius 1 is 1.20 bits per heavy atom. The van der Waals surface area contributed by atoms with E-state index < -0.39 is 0 Å². The van der Waals surface area contributed by atoms with Crippen LogP contribution >= 0.6 is 11.6 Å². The number of carbonyl (C=O) groups is 1. The number of benzene rings is 2. The number of carbonyl (C=O) groups excluding carboxylic acids is 1. The monoisotopic (exact) mass is 359 g/mol. The fourth-order valence-corrected chi connectivity index (χ4v) is 3.22. The number of alkyl halides is 1. The van der Waals surface area contributed by atoms with Crippen LogP contribution in [0, 0.1) is 0 Å². The van der Waals surface area contributed by atoms with Crippen molar-refractivity contribution in [1.29, 1.82) is 0 Å². The number of fused-ring (bicyclic) bond motifs is 1. The number of halogens is 1. The summed E-state index contributed by atoms with van der Waals surface area (Å²) in [5, 5.41) is 0. The molecule has 0 saturated carbocycles. The molecule has 1 amide bonds. The van der Waals surface area contributed by atoms with Gasteiger partial charge in [-0.15, -0.1) is 11.6 Å². The molecule has 0 aromatic heterocycles. The van der Waals surface area contributed by atoms with Crippen molar-refractivity contribution < 1.29 is 14.3 Å². The molecular weight excluding hydrogens is 338 g/mol. The minimum absolute atomic E-state index is 0.0423. The highest BCUT2D eigenvalue weighted by atomic mass is 35.5. The molecule has 0 atom stereocenters. The molecular formula is C20H22ClNO3. The van der Waals surface area contributed by atoms with Crippen LogP contribution in [-0.4, -0.2) is 24.0 Å². The molecule has 1 aliphatic rings. The van der Waals surface area contributed by atoms with Crippen molar-refractivity contribution in [2.75, 3.05) is 7.11 Å². The second kappa shape index (κ2) is 7.36. The number of nitrogens with zero attached hydrogens (tertiary/aromatic N) is 1. The Bertz CT molecular complexity index is 789. The molecule has 0 bridgehead atoms. The number of rotatable bonds is 6. The summed E-state index contributed by atoms with van der Waals surface area (Å²) in [6.07, 6.45) is 0.0985. The largest absolute Gasteiger partial charge is 0.496 e. The maximum atomic E-state index is 12.6. The fourth-order valence-electron chi connectivity index (χ4n) is 3.05. The molecule has 0 unspecified atom stereocenters. The van der Waals surface area contributed by atoms with E-state index in [9.17, 15) is 4.79 Å². The van der Waals surface area contributed by atoms with Crippen LogP contribution in [0.25, 0.3) is 0 Å². The maximum Gasteiger partial charge on any atom is 0.254 e. The van der Waals surface area contributed by atoms with E-state index in [0.29, 0.717) is 19.0 Å². The lowest BCUT2D eigenvalue weighted by atomic mass is 10.1. The first-order chi connectivity index (χ1) is 12.0. The number of amides is 1. The summed E-state index contributed by atoms with van der Waals surface area (Å²) in [5.74, 6) is 1.98. The highest BCUT2D eigenvalue weighted by Gasteiger charge is 2.28. The third kappa shape index (κ3) is 3.74. The quantitative estimate of drug-likeness (QED) is 0.718. The first kappa shape index (κ1) is 17.6. The Labute approximate surface area is 153 Å². The Morgan fingerprint density at radius 3 is 2.68 bits per heavy atom. The zero-order chi connectivity index (χ0) is 18.0. The van der Waals surface area contributed by atoms with Gasteiger partial charge in [0.1, 0.15) is 11.5 Å². The van der Waals surface area contributed by atoms with Gasteiger partial charge in [0.25, 0.3) is 5.91 Å². The molecule has 5 heteroatoms. The third-order valence-corrected chi connectivity index (χ3v) is 4.50. The van der Waals surface area contributed by atoms with E-state index in [4.69, 9.17) is 21.1 Å². The van der Waals surface area contributed by atoms with Crippen molar-refractivity contribution in [1.82, 2.24) is 4.90 Å². The van der Waals surface area contributed by atoms with E-state index in [-0.39, 0.29) is 12.0 Å². The van der Waals surface area contributed by atoms with Gasteiger partial charge in [0.2, 0.25) is 0 Å². The van der Waals surface area contributed by atoms with Gasteiger partial charge < -0.3 is 14.4 Å². The van der Waals surface area contributed by atoms with Crippen LogP contribution in [0.5, 0.6) is 11.5 Å². The van der Waals surface area contributed by atoms with Gasteiger partial charge in [-0.3, -0.25) is 4.79 Å². The summed E-state index contributed by atoms with van der Waals surface area (Å²) in [6, 6.07) is 11.5. The van der Waals surface area contributed by atoms with E-state index >= 15 is 0 Å². The molecule has 0 saturated heterocycles. The average molecular weight is 360 g/mol. The van der Waals surface area contributed by atoms with Crippen molar-refractivity contribution >= 4 is 17.5 Å². The first-order valence-electron chi connectivity index (χ1n) is 8.32. The van der Waals surface area contributed by atoms with Gasteiger partial charge in [0, 0.05) is 36.2 Å². The van der Waals surface area contributed by atoms with Gasteiger partial charge in [-0.2, -0.15) is 0 Å². The molecule has 1 heterocycles. The molecule has 0 aliphatic carbocycles. The summed E-state index contributed by atoms with van der Waals surface area (Å²) in [7, 11) is 1.63. The SMILES string of the molecule is COc1cc(OC(C)C)ccc1CN1Cc2cc(CCl)ccc2C1=O. The zero-order valence-electron chi connectivity index (χ0n) is 14.7. The van der Waals surface area contributed by atoms with Crippen LogP contribution in [0.1, 0.15) is 40.9 Å². The normalized spacial score (nSPS) is 13.3. The van der Waals surface area contributed by atoms with Crippen molar-refractivity contribution in [2.24, 2.45) is 0 Å². The molecule has 0 N–H and O–H groups in total. The van der Waals surface area contributed by atoms with Gasteiger partial charge in [0.15, 0.2) is 0 Å². The summed E-state index contributed by atoms with van der Waals surface area (Å²) in [4.78, 5) is 14.5. The summed E-state index contributed by atoms with van der Waals surface area (Å²) in [6.45, 7) is 5.05. The number of hydrogen-bond acceptors (Lipinski definition) is 3. The lowest BCUT2D eigenvalue weighted by Crippen LogP contribution is -2.23. The van der Waals surface area contributed by atoms with Gasteiger partial charge in [-0.05, 0) is 43.2 Å². The van der Waals surface area contributed by atoms with Crippen LogP contribution in [-0.2, 0) is 19.0 Å². The molecule has 1 aliphatic heterocycles. The summed E-state index contributed by atoms with van der Waals surface area (Å²) < 4.78 is 11.2. The fraction of sp³-hybridized carbons (Fsp3) is 0.350. The Balaban J connectivity index is 1.80. The molecule has 0 spiro atoms. The van der Waals surface area contributed by atoms with Crippen LogP contribution in [0.4, 0.5) is 0 Å². The topological polar surface area (TPSA) is 38.8 Å². The molecule has 132 valence electrons. The minimum Gasteiger partial charge on any atom is -0.496 e. The minimum atomic E-state index is 0.0423. The highest BCUT2D eigenvalue weighted by molar-refractivity contribution is 6.17. The van der Waals surface area contributed by atoms with Crippen molar-refractivity contribution in [3.05, 3.63) is 58.7 Å². The maximum absolute atomic E-state index is 12.6. The predicted molar refractivity (Wildman–Crippen MR) is 98.3 cm³/mol. The smallest absolute Gasteiger partial charge is 0.254 e. The van der Waals surface area contributed by atoms with E-state index in [1.165, 1.54) is 0 Å². The van der Waals surface area contributed by atoms with Crippen LogP contribution < -0.4 is 9.47 Å². The number of ether oxygens (including phenoxy) is 2. The zero-order valence-corrected chi connectivity index (χ0v) is 15.5. The number of methoxy groups -OCH3 is 1. The van der Waals surface area contributed by atoms with Crippen LogP contribution in [0.3, 0.4) is 0 Å². The van der Waals surface area contributed by atoms with Gasteiger partial charge in [-0.25, -0.2) is 0 Å². The molecule has 2 aromatic rings. The van der Waals surface area contributed by atoms with E-state index in [0.717, 1.165) is 33.8 Å². The van der Waals surface area contributed by atoms with Crippen LogP contribution in [0.15, 0.2) is 36.4 Å². The van der Waals surface area contributed by atoms with Gasteiger partial charge in [0.05, 0.1) is 13.2 Å². The Morgan fingerprint density at radius 2 is 2.00 bits per heavy atom. The van der Waals surface area contributed by atoms with Crippen molar-refractivity contribution in [3.8, 4) is 11.5 Å². The summed E-state index contributed by atoms with van der Waals surface area (Å²) in [5.41, 5.74) is 3.77. The van der Waals surface area contributed by atoms with Gasteiger partial charge in [-0.1, -0.05) is 12.1 Å². The highest BCUT2D eigenvalue weighted by Crippen LogP contribution is 2.30. The van der Waals surface area contributed by atoms with Crippen molar-refractivity contribution in [3.63, 3.8) is 0 Å². The van der Waals surface area contributed by atoms with Crippen molar-refractivity contribution in [2.45, 2.75) is 38.9 Å². The lowest BCUT2D eigenvalue weighted by molar-refractivity contribution is 0.0765. The molecule has 0 radical (unpaired) electrons. The average Bonchev–Trinajstić information content (AvgIpc) is 2.90. The Kier molecular flexibility index (Phi) is 5.19. The molecule has 2 aromatic carbocycles. The van der Waals surface area contributed by atoms with E-state index in [2.05, 4.69) is 0 Å². The first-order valence-corrected chi connectivity index (χ1v) is 8.86. The Hall–Kier alpha value is -2.20. The summed E-state index contributed by atoms with van der Waals surface area (Å²) >= 11 is 5.89. The van der Waals surface area contributed by atoms with Gasteiger partial charge >= 0.3 is 0 Å². The second-order valence-electron chi connectivity index (χ2n) is 6.43. The van der Waals surface area contributed by atoms with E-state index in [1.807, 2.05) is 55.1 Å². The standard InChI is InChI=1S/C20H22ClNO3/c1-13(2)25-17-6-5-15(19(9-17)24-3)11-22-12-16-8-14(10-21)4-7-18(16)20(22)23/h4-9,13H,10-12H2,1-3H3. The third-order valence-electron chi connectivity index (χ3n) is 4.19.